The Hall–Kier alpha value is -1.66. The van der Waals surface area contributed by atoms with Crippen molar-refractivity contribution in [3.05, 3.63) is 47.3 Å². The molecule has 1 saturated heterocycles. The fourth-order valence-electron chi connectivity index (χ4n) is 3.49. The normalized spacial score (nSPS) is 24.2. The predicted molar refractivity (Wildman–Crippen MR) is 96.1 cm³/mol. The second kappa shape index (κ2) is 7.70. The molecule has 4 nitrogen and oxygen atoms in total. The summed E-state index contributed by atoms with van der Waals surface area (Å²) in [6, 6.07) is 5.78. The molecule has 3 rings (SSSR count). The highest BCUT2D eigenvalue weighted by atomic mass is 32.2. The summed E-state index contributed by atoms with van der Waals surface area (Å²) in [5.74, 6) is -1.29. The van der Waals surface area contributed by atoms with Gasteiger partial charge in [0.15, 0.2) is 5.78 Å². The van der Waals surface area contributed by atoms with Gasteiger partial charge in [-0.1, -0.05) is 18.2 Å². The maximum atomic E-state index is 14.4. The van der Waals surface area contributed by atoms with Crippen LogP contribution in [-0.2, 0) is 9.59 Å². The number of hydrogen-bond donors (Lipinski definition) is 1. The number of carbonyl (C=O) groups excluding carboxylic acids is 1. The van der Waals surface area contributed by atoms with Gasteiger partial charge in [-0.15, -0.1) is 0 Å². The Morgan fingerprint density at radius 3 is 2.64 bits per heavy atom. The highest BCUT2D eigenvalue weighted by Crippen LogP contribution is 2.40. The number of rotatable bonds is 6. The summed E-state index contributed by atoms with van der Waals surface area (Å²) >= 11 is 1.62. The van der Waals surface area contributed by atoms with E-state index in [0.717, 1.165) is 24.8 Å². The minimum atomic E-state index is -0.980. The van der Waals surface area contributed by atoms with E-state index in [9.17, 15) is 14.0 Å². The lowest BCUT2D eigenvalue weighted by molar-refractivity contribution is -0.131. The molecule has 6 heteroatoms. The van der Waals surface area contributed by atoms with Crippen molar-refractivity contribution in [2.45, 2.75) is 30.6 Å². The number of aliphatic carboxylic acids is 1. The van der Waals surface area contributed by atoms with E-state index >= 15 is 0 Å². The van der Waals surface area contributed by atoms with Gasteiger partial charge >= 0.3 is 5.97 Å². The van der Waals surface area contributed by atoms with Crippen LogP contribution in [-0.4, -0.2) is 46.4 Å². The Labute approximate surface area is 151 Å². The SMILES string of the molecule is CS[C@@H]1CCN([C@H](C(=O)C2CC2)c2ccccc2F)C/C1=C/C(=O)O. The number of Topliss-reactive ketones (excluding diaryl/α,β-unsaturated/α-hetero) is 1. The van der Waals surface area contributed by atoms with Crippen LogP contribution < -0.4 is 0 Å². The number of ketones is 1. The van der Waals surface area contributed by atoms with Crippen LogP contribution in [0.1, 0.15) is 30.9 Å². The van der Waals surface area contributed by atoms with E-state index in [1.54, 1.807) is 30.0 Å². The number of halogens is 1. The summed E-state index contributed by atoms with van der Waals surface area (Å²) in [6.45, 7) is 1.04. The molecule has 1 saturated carbocycles. The number of piperidine rings is 1. The van der Waals surface area contributed by atoms with Gasteiger partial charge in [0.1, 0.15) is 5.82 Å². The summed E-state index contributed by atoms with van der Waals surface area (Å²) in [6.07, 6.45) is 5.68. The van der Waals surface area contributed by atoms with Crippen molar-refractivity contribution < 1.29 is 19.1 Å². The van der Waals surface area contributed by atoms with Crippen LogP contribution in [0.2, 0.25) is 0 Å². The zero-order chi connectivity index (χ0) is 18.0. The smallest absolute Gasteiger partial charge is 0.328 e. The lowest BCUT2D eigenvalue weighted by Gasteiger charge is -2.38. The summed E-state index contributed by atoms with van der Waals surface area (Å²) in [5, 5.41) is 9.27. The zero-order valence-electron chi connectivity index (χ0n) is 14.2. The summed E-state index contributed by atoms with van der Waals surface area (Å²) in [7, 11) is 0. The van der Waals surface area contributed by atoms with Gasteiger partial charge in [0, 0.05) is 35.9 Å². The second-order valence-electron chi connectivity index (χ2n) is 6.64. The molecule has 1 heterocycles. The molecule has 0 amide bonds. The van der Waals surface area contributed by atoms with Crippen molar-refractivity contribution in [2.24, 2.45) is 5.92 Å². The van der Waals surface area contributed by atoms with Crippen molar-refractivity contribution in [2.75, 3.05) is 19.3 Å². The quantitative estimate of drug-likeness (QED) is 0.786. The van der Waals surface area contributed by atoms with Crippen molar-refractivity contribution in [3.8, 4) is 0 Å². The van der Waals surface area contributed by atoms with E-state index in [2.05, 4.69) is 0 Å². The third-order valence-electron chi connectivity index (χ3n) is 4.89. The van der Waals surface area contributed by atoms with Crippen LogP contribution in [0.4, 0.5) is 4.39 Å². The molecule has 0 bridgehead atoms. The van der Waals surface area contributed by atoms with Gasteiger partial charge < -0.3 is 5.11 Å². The van der Waals surface area contributed by atoms with Crippen molar-refractivity contribution in [1.82, 2.24) is 4.90 Å². The molecule has 1 aliphatic heterocycles. The van der Waals surface area contributed by atoms with Crippen LogP contribution >= 0.6 is 11.8 Å². The molecule has 0 aromatic heterocycles. The molecule has 1 aliphatic carbocycles. The summed E-state index contributed by atoms with van der Waals surface area (Å²) in [5.41, 5.74) is 1.19. The maximum absolute atomic E-state index is 14.4. The van der Waals surface area contributed by atoms with Gasteiger partial charge in [-0.2, -0.15) is 11.8 Å². The first-order valence-corrected chi connectivity index (χ1v) is 9.78. The highest BCUT2D eigenvalue weighted by Gasteiger charge is 2.41. The van der Waals surface area contributed by atoms with Crippen LogP contribution in [0.3, 0.4) is 0 Å². The first kappa shape index (κ1) is 18.1. The first-order valence-electron chi connectivity index (χ1n) is 8.49. The second-order valence-corrected chi connectivity index (χ2v) is 7.68. The topological polar surface area (TPSA) is 57.6 Å². The molecule has 2 atom stereocenters. The zero-order valence-corrected chi connectivity index (χ0v) is 15.0. The number of likely N-dealkylation sites (tertiary alicyclic amines) is 1. The largest absolute Gasteiger partial charge is 0.478 e. The van der Waals surface area contributed by atoms with E-state index < -0.39 is 12.0 Å². The van der Waals surface area contributed by atoms with Gasteiger partial charge in [0.05, 0.1) is 6.04 Å². The molecular weight excluding hydrogens is 341 g/mol. The Kier molecular flexibility index (Phi) is 5.59. The number of benzene rings is 1. The Balaban J connectivity index is 1.92. The lowest BCUT2D eigenvalue weighted by atomic mass is 9.93. The summed E-state index contributed by atoms with van der Waals surface area (Å²) < 4.78 is 14.4. The standard InChI is InChI=1S/C19H22FNO3S/c1-25-16-8-9-21(11-13(16)10-17(22)23)18(19(24)12-6-7-12)14-4-2-3-5-15(14)20/h2-5,10,12,16,18H,6-9,11H2,1H3,(H,22,23)/b13-10-/t16-,18+/m1/s1. The number of carboxylic acid groups (broad SMARTS) is 1. The van der Waals surface area contributed by atoms with Crippen molar-refractivity contribution >= 4 is 23.5 Å². The molecule has 0 unspecified atom stereocenters. The molecular formula is C19H22FNO3S. The molecule has 25 heavy (non-hydrogen) atoms. The molecule has 1 N–H and O–H groups in total. The Morgan fingerprint density at radius 2 is 2.04 bits per heavy atom. The molecule has 134 valence electrons. The minimum absolute atomic E-state index is 0.00906. The number of hydrogen-bond acceptors (Lipinski definition) is 4. The molecule has 1 aromatic rings. The van der Waals surface area contributed by atoms with Crippen LogP contribution in [0, 0.1) is 11.7 Å². The molecule has 2 fully saturated rings. The fourth-order valence-corrected chi connectivity index (χ4v) is 4.27. The number of carbonyl (C=O) groups is 2. The van der Waals surface area contributed by atoms with E-state index in [1.807, 2.05) is 11.2 Å². The average Bonchev–Trinajstić information content (AvgIpc) is 3.41. The molecule has 0 spiro atoms. The van der Waals surface area contributed by atoms with Crippen molar-refractivity contribution in [3.63, 3.8) is 0 Å². The van der Waals surface area contributed by atoms with Gasteiger partial charge in [-0.25, -0.2) is 9.18 Å². The van der Waals surface area contributed by atoms with Crippen LogP contribution in [0.5, 0.6) is 0 Å². The van der Waals surface area contributed by atoms with E-state index in [-0.39, 0.29) is 22.8 Å². The number of thioether (sulfide) groups is 1. The van der Waals surface area contributed by atoms with Crippen LogP contribution in [0.25, 0.3) is 0 Å². The van der Waals surface area contributed by atoms with Gasteiger partial charge in [-0.05, 0) is 37.2 Å². The third-order valence-corrected chi connectivity index (χ3v) is 5.99. The lowest BCUT2D eigenvalue weighted by Crippen LogP contribution is -2.43. The first-order chi connectivity index (χ1) is 12.0. The summed E-state index contributed by atoms with van der Waals surface area (Å²) in [4.78, 5) is 26.0. The van der Waals surface area contributed by atoms with E-state index in [4.69, 9.17) is 5.11 Å². The Bertz CT molecular complexity index is 702. The van der Waals surface area contributed by atoms with Gasteiger partial charge in [0.2, 0.25) is 0 Å². The van der Waals surface area contributed by atoms with E-state index in [0.29, 0.717) is 18.7 Å². The Morgan fingerprint density at radius 1 is 1.32 bits per heavy atom. The molecule has 2 aliphatic rings. The van der Waals surface area contributed by atoms with Crippen molar-refractivity contribution in [1.29, 1.82) is 0 Å². The fraction of sp³-hybridized carbons (Fsp3) is 0.474. The average molecular weight is 363 g/mol. The van der Waals surface area contributed by atoms with Gasteiger partial charge in [0.25, 0.3) is 0 Å². The maximum Gasteiger partial charge on any atom is 0.328 e. The number of nitrogens with zero attached hydrogens (tertiary/aromatic N) is 1. The molecule has 1 aromatic carbocycles. The minimum Gasteiger partial charge on any atom is -0.478 e. The molecule has 0 radical (unpaired) electrons. The third kappa shape index (κ3) is 4.12. The highest BCUT2D eigenvalue weighted by molar-refractivity contribution is 7.99. The van der Waals surface area contributed by atoms with Crippen LogP contribution in [0.15, 0.2) is 35.9 Å². The van der Waals surface area contributed by atoms with E-state index in [1.165, 1.54) is 12.1 Å². The van der Waals surface area contributed by atoms with Gasteiger partial charge in [-0.3, -0.25) is 9.69 Å². The predicted octanol–water partition coefficient (Wildman–Crippen LogP) is 3.29. The number of carboxylic acids is 1. The monoisotopic (exact) mass is 363 g/mol.